The van der Waals surface area contributed by atoms with E-state index in [1.807, 2.05) is 4.90 Å². The average molecular weight is 455 g/mol. The highest BCUT2D eigenvalue weighted by Gasteiger charge is 2.43. The van der Waals surface area contributed by atoms with Crippen molar-refractivity contribution in [3.63, 3.8) is 0 Å². The van der Waals surface area contributed by atoms with Crippen LogP contribution < -0.4 is 14.8 Å². The van der Waals surface area contributed by atoms with Crippen LogP contribution in [0.1, 0.15) is 53.6 Å². The first-order valence-corrected chi connectivity index (χ1v) is 11.7. The topological polar surface area (TPSA) is 67.9 Å². The van der Waals surface area contributed by atoms with Gasteiger partial charge in [-0.15, -0.1) is 0 Å². The summed E-state index contributed by atoms with van der Waals surface area (Å²) in [5.41, 5.74) is 3.00. The highest BCUT2D eigenvalue weighted by molar-refractivity contribution is 6.30. The molecule has 6 nitrogen and oxygen atoms in total. The first-order chi connectivity index (χ1) is 15.5. The average Bonchev–Trinajstić information content (AvgIpc) is 3.27. The molecule has 0 bridgehead atoms. The molecule has 0 radical (unpaired) electrons. The Labute approximate surface area is 192 Å². The van der Waals surface area contributed by atoms with Gasteiger partial charge >= 0.3 is 0 Å². The van der Waals surface area contributed by atoms with Crippen LogP contribution in [0.3, 0.4) is 0 Å². The van der Waals surface area contributed by atoms with E-state index in [-0.39, 0.29) is 23.7 Å². The van der Waals surface area contributed by atoms with Crippen LogP contribution in [0.4, 0.5) is 0 Å². The van der Waals surface area contributed by atoms with E-state index in [9.17, 15) is 9.59 Å². The van der Waals surface area contributed by atoms with Gasteiger partial charge in [0, 0.05) is 42.1 Å². The Kier molecular flexibility index (Phi) is 5.72. The number of nitrogens with zero attached hydrogens (tertiary/aromatic N) is 1. The van der Waals surface area contributed by atoms with Gasteiger partial charge < -0.3 is 19.7 Å². The van der Waals surface area contributed by atoms with Crippen molar-refractivity contribution >= 4 is 23.4 Å². The number of nitrogens with one attached hydrogen (secondary N) is 1. The monoisotopic (exact) mass is 454 g/mol. The maximum Gasteiger partial charge on any atom is 0.251 e. The third-order valence-corrected chi connectivity index (χ3v) is 7.09. The van der Waals surface area contributed by atoms with E-state index in [4.69, 9.17) is 21.1 Å². The molecular formula is C25H27ClN2O4. The van der Waals surface area contributed by atoms with Crippen molar-refractivity contribution in [3.05, 3.63) is 58.1 Å². The maximum atomic E-state index is 13.1. The predicted octanol–water partition coefficient (Wildman–Crippen LogP) is 4.09. The molecule has 1 spiro atoms. The lowest BCUT2D eigenvalue weighted by Gasteiger charge is -2.43. The van der Waals surface area contributed by atoms with Gasteiger partial charge in [0.05, 0.1) is 0 Å². The van der Waals surface area contributed by atoms with Gasteiger partial charge in [-0.25, -0.2) is 0 Å². The Morgan fingerprint density at radius 3 is 2.44 bits per heavy atom. The quantitative estimate of drug-likeness (QED) is 0.755. The van der Waals surface area contributed by atoms with Crippen LogP contribution in [-0.4, -0.2) is 43.0 Å². The molecule has 3 aliphatic rings. The van der Waals surface area contributed by atoms with Crippen LogP contribution in [0.5, 0.6) is 11.5 Å². The van der Waals surface area contributed by atoms with Crippen LogP contribution in [-0.2, 0) is 16.8 Å². The molecule has 2 aliphatic heterocycles. The number of ether oxygens (including phenoxy) is 2. The molecule has 0 atom stereocenters. The second-order valence-electron chi connectivity index (χ2n) is 8.90. The molecular weight excluding hydrogens is 428 g/mol. The first-order valence-electron chi connectivity index (χ1n) is 11.3. The van der Waals surface area contributed by atoms with Gasteiger partial charge in [0.1, 0.15) is 13.2 Å². The van der Waals surface area contributed by atoms with Crippen molar-refractivity contribution in [2.75, 3.05) is 26.3 Å². The lowest BCUT2D eigenvalue weighted by Crippen LogP contribution is -2.47. The molecule has 2 heterocycles. The highest BCUT2D eigenvalue weighted by atomic mass is 35.5. The Morgan fingerprint density at radius 1 is 1.03 bits per heavy atom. The van der Waals surface area contributed by atoms with E-state index in [0.717, 1.165) is 36.4 Å². The molecule has 1 aliphatic carbocycles. The second-order valence-corrected chi connectivity index (χ2v) is 9.34. The number of amides is 2. The molecule has 0 unspecified atom stereocenters. The van der Waals surface area contributed by atoms with E-state index >= 15 is 0 Å². The minimum Gasteiger partial charge on any atom is -0.486 e. The fraction of sp³-hybridized carbons (Fsp3) is 0.440. The zero-order chi connectivity index (χ0) is 22.1. The molecule has 0 saturated heterocycles. The molecule has 1 N–H and O–H groups in total. The molecule has 168 valence electrons. The number of hydrogen-bond acceptors (Lipinski definition) is 4. The first kappa shape index (κ1) is 21.1. The third-order valence-electron chi connectivity index (χ3n) is 6.84. The van der Waals surface area contributed by atoms with Gasteiger partial charge in [0.25, 0.3) is 5.91 Å². The number of benzene rings is 2. The zero-order valence-electron chi connectivity index (χ0n) is 18.0. The molecule has 1 saturated carbocycles. The van der Waals surface area contributed by atoms with Crippen LogP contribution in [0.2, 0.25) is 5.02 Å². The zero-order valence-corrected chi connectivity index (χ0v) is 18.7. The van der Waals surface area contributed by atoms with Gasteiger partial charge in [0.2, 0.25) is 5.91 Å². The van der Waals surface area contributed by atoms with Crippen molar-refractivity contribution in [2.45, 2.75) is 44.1 Å². The van der Waals surface area contributed by atoms with E-state index in [0.29, 0.717) is 36.9 Å². The van der Waals surface area contributed by atoms with Crippen molar-refractivity contribution in [2.24, 2.45) is 0 Å². The second kappa shape index (κ2) is 8.66. The Bertz CT molecular complexity index is 1030. The number of carbonyl (C=O) groups excluding carboxylic acids is 2. The third kappa shape index (κ3) is 4.04. The molecule has 2 amide bonds. The maximum absolute atomic E-state index is 13.1. The number of rotatable bonds is 4. The highest BCUT2D eigenvalue weighted by Crippen LogP contribution is 2.49. The normalized spacial score (nSPS) is 18.3. The van der Waals surface area contributed by atoms with E-state index in [2.05, 4.69) is 17.4 Å². The van der Waals surface area contributed by atoms with Gasteiger partial charge in [-0.1, -0.05) is 24.4 Å². The number of hydrogen-bond donors (Lipinski definition) is 1. The van der Waals surface area contributed by atoms with Crippen LogP contribution in [0, 0.1) is 0 Å². The van der Waals surface area contributed by atoms with Crippen molar-refractivity contribution in [1.82, 2.24) is 10.2 Å². The van der Waals surface area contributed by atoms with Crippen molar-refractivity contribution < 1.29 is 19.1 Å². The summed E-state index contributed by atoms with van der Waals surface area (Å²) in [6.45, 7) is 2.72. The predicted molar refractivity (Wildman–Crippen MR) is 121 cm³/mol. The molecule has 0 aromatic heterocycles. The summed E-state index contributed by atoms with van der Waals surface area (Å²) in [6.07, 6.45) is 4.78. The largest absolute Gasteiger partial charge is 0.486 e. The van der Waals surface area contributed by atoms with Gasteiger partial charge in [-0.05, 0) is 60.4 Å². The van der Waals surface area contributed by atoms with Crippen molar-refractivity contribution in [3.8, 4) is 11.5 Å². The summed E-state index contributed by atoms with van der Waals surface area (Å²) in [7, 11) is 0. The van der Waals surface area contributed by atoms with Gasteiger partial charge in [-0.3, -0.25) is 9.59 Å². The van der Waals surface area contributed by atoms with Gasteiger partial charge in [-0.2, -0.15) is 0 Å². The van der Waals surface area contributed by atoms with Crippen molar-refractivity contribution in [1.29, 1.82) is 0 Å². The van der Waals surface area contributed by atoms with Crippen LogP contribution in [0.15, 0.2) is 36.4 Å². The Morgan fingerprint density at radius 2 is 1.72 bits per heavy atom. The summed E-state index contributed by atoms with van der Waals surface area (Å²) in [5, 5.41) is 3.43. The summed E-state index contributed by atoms with van der Waals surface area (Å²) in [6, 6.07) is 10.9. The smallest absolute Gasteiger partial charge is 0.251 e. The lowest BCUT2D eigenvalue weighted by molar-refractivity contribution is -0.133. The minimum atomic E-state index is -0.200. The molecule has 7 heteroatoms. The molecule has 2 aromatic rings. The fourth-order valence-corrected chi connectivity index (χ4v) is 5.39. The Hall–Kier alpha value is -2.73. The number of carbonyl (C=O) groups is 2. The summed E-state index contributed by atoms with van der Waals surface area (Å²) >= 11 is 5.88. The summed E-state index contributed by atoms with van der Waals surface area (Å²) in [4.78, 5) is 27.4. The fourth-order valence-electron chi connectivity index (χ4n) is 5.27. The Balaban J connectivity index is 1.28. The molecule has 5 rings (SSSR count). The van der Waals surface area contributed by atoms with E-state index in [1.54, 1.807) is 24.3 Å². The van der Waals surface area contributed by atoms with Gasteiger partial charge in [0.15, 0.2) is 11.5 Å². The standard InChI is InChI=1S/C25H27ClN2O4/c26-19-5-3-17(4-6-19)24(30)27-10-7-23(29)28-15-18-13-21-22(32-12-11-31-21)14-20(18)25(16-28)8-1-2-9-25/h3-6,13-14H,1-2,7-12,15-16H2,(H,27,30). The minimum absolute atomic E-state index is 0.00830. The van der Waals surface area contributed by atoms with Crippen LogP contribution in [0.25, 0.3) is 0 Å². The summed E-state index contributed by atoms with van der Waals surface area (Å²) < 4.78 is 11.6. The molecule has 2 aromatic carbocycles. The van der Waals surface area contributed by atoms with E-state index < -0.39 is 0 Å². The van der Waals surface area contributed by atoms with Crippen LogP contribution >= 0.6 is 11.6 Å². The number of fused-ring (bicyclic) bond motifs is 3. The number of halogens is 1. The molecule has 1 fully saturated rings. The summed E-state index contributed by atoms with van der Waals surface area (Å²) in [5.74, 6) is 1.46. The molecule has 32 heavy (non-hydrogen) atoms. The SMILES string of the molecule is O=C(NCCC(=O)N1Cc2cc3c(cc2C2(CCCC2)C1)OCCO3)c1ccc(Cl)cc1. The van der Waals surface area contributed by atoms with E-state index in [1.165, 1.54) is 18.4 Å². The lowest BCUT2D eigenvalue weighted by atomic mass is 9.73.